The van der Waals surface area contributed by atoms with Crippen LogP contribution in [0.4, 0.5) is 11.5 Å². The molecule has 1 aromatic heterocycles. The summed E-state index contributed by atoms with van der Waals surface area (Å²) >= 11 is 0. The first kappa shape index (κ1) is 11.4. The summed E-state index contributed by atoms with van der Waals surface area (Å²) in [6, 6.07) is 1.64. The molecule has 15 heavy (non-hydrogen) atoms. The summed E-state index contributed by atoms with van der Waals surface area (Å²) in [5, 5.41) is 13.8. The van der Waals surface area contributed by atoms with Crippen LogP contribution >= 0.6 is 0 Å². The fourth-order valence-corrected chi connectivity index (χ4v) is 1.21. The van der Waals surface area contributed by atoms with Crippen LogP contribution in [0.1, 0.15) is 19.4 Å². The van der Waals surface area contributed by atoms with Crippen molar-refractivity contribution >= 4 is 11.5 Å². The van der Waals surface area contributed by atoms with Gasteiger partial charge in [-0.15, -0.1) is 0 Å². The van der Waals surface area contributed by atoms with Crippen LogP contribution in [0, 0.1) is 23.0 Å². The predicted octanol–water partition coefficient (Wildman–Crippen LogP) is 2.37. The van der Waals surface area contributed by atoms with Gasteiger partial charge in [-0.2, -0.15) is 0 Å². The molecule has 0 aliphatic carbocycles. The Morgan fingerprint density at radius 2 is 2.27 bits per heavy atom. The van der Waals surface area contributed by atoms with Crippen molar-refractivity contribution in [2.75, 3.05) is 11.9 Å². The Morgan fingerprint density at radius 1 is 1.60 bits per heavy atom. The zero-order valence-corrected chi connectivity index (χ0v) is 9.15. The molecule has 1 N–H and O–H groups in total. The highest BCUT2D eigenvalue weighted by molar-refractivity contribution is 5.59. The summed E-state index contributed by atoms with van der Waals surface area (Å²) in [5.41, 5.74) is 0.694. The summed E-state index contributed by atoms with van der Waals surface area (Å²) in [6.07, 6.45) is 1.57. The highest BCUT2D eigenvalue weighted by Gasteiger charge is 2.17. The van der Waals surface area contributed by atoms with Crippen LogP contribution in [-0.2, 0) is 0 Å². The molecule has 0 aromatic carbocycles. The van der Waals surface area contributed by atoms with Gasteiger partial charge in [0.1, 0.15) is 0 Å². The molecule has 0 bridgehead atoms. The van der Waals surface area contributed by atoms with Crippen molar-refractivity contribution in [1.29, 1.82) is 0 Å². The largest absolute Gasteiger partial charge is 0.364 e. The Labute approximate surface area is 88.7 Å². The van der Waals surface area contributed by atoms with Gasteiger partial charge in [0.05, 0.1) is 4.92 Å². The number of aromatic nitrogens is 1. The van der Waals surface area contributed by atoms with E-state index >= 15 is 0 Å². The van der Waals surface area contributed by atoms with Gasteiger partial charge in [0, 0.05) is 18.3 Å². The van der Waals surface area contributed by atoms with Crippen molar-refractivity contribution in [1.82, 2.24) is 4.98 Å². The van der Waals surface area contributed by atoms with Crippen molar-refractivity contribution in [3.05, 3.63) is 27.9 Å². The average molecular weight is 209 g/mol. The molecule has 0 radical (unpaired) electrons. The number of pyridine rings is 1. The van der Waals surface area contributed by atoms with Crippen LogP contribution in [-0.4, -0.2) is 16.5 Å². The fourth-order valence-electron chi connectivity index (χ4n) is 1.21. The molecule has 0 unspecified atom stereocenters. The second-order valence-electron chi connectivity index (χ2n) is 3.86. The van der Waals surface area contributed by atoms with Gasteiger partial charge >= 0.3 is 5.69 Å². The third kappa shape index (κ3) is 2.90. The van der Waals surface area contributed by atoms with E-state index in [9.17, 15) is 10.1 Å². The van der Waals surface area contributed by atoms with Crippen molar-refractivity contribution in [3.63, 3.8) is 0 Å². The van der Waals surface area contributed by atoms with E-state index < -0.39 is 4.92 Å². The topological polar surface area (TPSA) is 68.1 Å². The van der Waals surface area contributed by atoms with Crippen LogP contribution in [0.25, 0.3) is 0 Å². The highest BCUT2D eigenvalue weighted by Crippen LogP contribution is 2.25. The van der Waals surface area contributed by atoms with E-state index in [2.05, 4.69) is 10.3 Å². The van der Waals surface area contributed by atoms with Gasteiger partial charge in [0.15, 0.2) is 0 Å². The van der Waals surface area contributed by atoms with Crippen LogP contribution in [0.5, 0.6) is 0 Å². The summed E-state index contributed by atoms with van der Waals surface area (Å²) in [7, 11) is 0. The number of hydrogen-bond donors (Lipinski definition) is 1. The lowest BCUT2D eigenvalue weighted by Gasteiger charge is -2.09. The van der Waals surface area contributed by atoms with Crippen molar-refractivity contribution in [2.24, 2.45) is 5.92 Å². The molecule has 1 aromatic rings. The van der Waals surface area contributed by atoms with Crippen LogP contribution in [0.15, 0.2) is 12.3 Å². The standard InChI is InChI=1S/C10H15N3O2/c1-7(2)6-12-10-9(13(14)15)8(3)4-5-11-10/h4-5,7H,6H2,1-3H3,(H,11,12). The van der Waals surface area contributed by atoms with E-state index in [0.717, 1.165) is 0 Å². The van der Waals surface area contributed by atoms with Crippen molar-refractivity contribution in [3.8, 4) is 0 Å². The molecule has 0 saturated heterocycles. The van der Waals surface area contributed by atoms with E-state index in [-0.39, 0.29) is 5.69 Å². The summed E-state index contributed by atoms with van der Waals surface area (Å²) < 4.78 is 0. The molecule has 1 rings (SSSR count). The fraction of sp³-hybridized carbons (Fsp3) is 0.500. The lowest BCUT2D eigenvalue weighted by Crippen LogP contribution is -2.11. The Kier molecular flexibility index (Phi) is 3.60. The van der Waals surface area contributed by atoms with E-state index in [4.69, 9.17) is 0 Å². The number of rotatable bonds is 4. The molecule has 5 heteroatoms. The number of aryl methyl sites for hydroxylation is 1. The maximum absolute atomic E-state index is 10.8. The second-order valence-corrected chi connectivity index (χ2v) is 3.86. The summed E-state index contributed by atoms with van der Waals surface area (Å²) in [6.45, 7) is 6.46. The van der Waals surface area contributed by atoms with Gasteiger partial charge in [-0.05, 0) is 18.9 Å². The number of anilines is 1. The smallest absolute Gasteiger partial charge is 0.314 e. The SMILES string of the molecule is Cc1ccnc(NCC(C)C)c1[N+](=O)[O-]. The number of nitro groups is 1. The van der Waals surface area contributed by atoms with Crippen LogP contribution < -0.4 is 5.32 Å². The van der Waals surface area contributed by atoms with E-state index in [1.54, 1.807) is 19.2 Å². The van der Waals surface area contributed by atoms with Gasteiger partial charge in [0.2, 0.25) is 5.82 Å². The third-order valence-corrected chi connectivity index (χ3v) is 1.99. The molecule has 0 fully saturated rings. The molecule has 82 valence electrons. The van der Waals surface area contributed by atoms with Crippen LogP contribution in [0.3, 0.4) is 0 Å². The van der Waals surface area contributed by atoms with E-state index in [1.165, 1.54) is 0 Å². The monoisotopic (exact) mass is 209 g/mol. The van der Waals surface area contributed by atoms with Crippen molar-refractivity contribution in [2.45, 2.75) is 20.8 Å². The minimum Gasteiger partial charge on any atom is -0.364 e. The first-order valence-corrected chi connectivity index (χ1v) is 4.86. The zero-order valence-electron chi connectivity index (χ0n) is 9.15. The quantitative estimate of drug-likeness (QED) is 0.610. The Bertz CT molecular complexity index is 364. The normalized spacial score (nSPS) is 10.4. The minimum atomic E-state index is -0.398. The highest BCUT2D eigenvalue weighted by atomic mass is 16.6. The molecular formula is C10H15N3O2. The van der Waals surface area contributed by atoms with Crippen molar-refractivity contribution < 1.29 is 4.92 Å². The number of nitrogens with one attached hydrogen (secondary N) is 1. The number of hydrogen-bond acceptors (Lipinski definition) is 4. The lowest BCUT2D eigenvalue weighted by molar-refractivity contribution is -0.384. The third-order valence-electron chi connectivity index (χ3n) is 1.99. The molecule has 0 aliphatic heterocycles. The Hall–Kier alpha value is -1.65. The second kappa shape index (κ2) is 4.72. The maximum Gasteiger partial charge on any atom is 0.314 e. The van der Waals surface area contributed by atoms with E-state index in [0.29, 0.717) is 23.8 Å². The molecular weight excluding hydrogens is 194 g/mol. The Morgan fingerprint density at radius 3 is 2.80 bits per heavy atom. The average Bonchev–Trinajstić information content (AvgIpc) is 2.13. The molecule has 1 heterocycles. The van der Waals surface area contributed by atoms with Gasteiger partial charge < -0.3 is 5.32 Å². The first-order valence-electron chi connectivity index (χ1n) is 4.86. The maximum atomic E-state index is 10.8. The molecule has 0 saturated carbocycles. The van der Waals surface area contributed by atoms with Crippen LogP contribution in [0.2, 0.25) is 0 Å². The predicted molar refractivity (Wildman–Crippen MR) is 59.0 cm³/mol. The molecule has 0 amide bonds. The molecule has 0 aliphatic rings. The number of nitrogens with zero attached hydrogens (tertiary/aromatic N) is 2. The van der Waals surface area contributed by atoms with Gasteiger partial charge in [0.25, 0.3) is 0 Å². The Balaban J connectivity index is 2.96. The van der Waals surface area contributed by atoms with Gasteiger partial charge in [-0.25, -0.2) is 4.98 Å². The van der Waals surface area contributed by atoms with Gasteiger partial charge in [-0.3, -0.25) is 10.1 Å². The zero-order chi connectivity index (χ0) is 11.4. The minimum absolute atomic E-state index is 0.0677. The molecule has 0 spiro atoms. The van der Waals surface area contributed by atoms with Gasteiger partial charge in [-0.1, -0.05) is 13.8 Å². The molecule has 0 atom stereocenters. The van der Waals surface area contributed by atoms with E-state index in [1.807, 2.05) is 13.8 Å². The molecule has 5 nitrogen and oxygen atoms in total. The summed E-state index contributed by atoms with van der Waals surface area (Å²) in [4.78, 5) is 14.4. The summed E-state index contributed by atoms with van der Waals surface area (Å²) in [5.74, 6) is 0.778. The first-order chi connectivity index (χ1) is 7.02. The lowest BCUT2D eigenvalue weighted by atomic mass is 10.2.